The molecule has 0 atom stereocenters. The van der Waals surface area contributed by atoms with Crippen LogP contribution in [0, 0.1) is 11.8 Å². The molecule has 2 N–H and O–H groups in total. The third-order valence-electron chi connectivity index (χ3n) is 1.88. The SMILES string of the molecule is CCOCCC(=O)Nc1ncc(C#CCCO)s1. The molecule has 0 bridgehead atoms. The van der Waals surface area contributed by atoms with Crippen molar-refractivity contribution in [1.29, 1.82) is 0 Å². The molecule has 0 fully saturated rings. The minimum Gasteiger partial charge on any atom is -0.395 e. The van der Waals surface area contributed by atoms with Crippen molar-refractivity contribution in [1.82, 2.24) is 4.98 Å². The second-order valence-corrected chi connectivity index (χ2v) is 4.33. The lowest BCUT2D eigenvalue weighted by atomic mass is 10.4. The Labute approximate surface area is 110 Å². The van der Waals surface area contributed by atoms with Crippen molar-refractivity contribution in [2.75, 3.05) is 25.1 Å². The van der Waals surface area contributed by atoms with Crippen LogP contribution < -0.4 is 5.32 Å². The molecule has 0 aromatic carbocycles. The number of aliphatic hydroxyl groups excluding tert-OH is 1. The maximum absolute atomic E-state index is 11.5. The number of ether oxygens (including phenoxy) is 1. The zero-order valence-electron chi connectivity index (χ0n) is 10.2. The van der Waals surface area contributed by atoms with Gasteiger partial charge in [0.2, 0.25) is 5.91 Å². The fourth-order valence-corrected chi connectivity index (χ4v) is 1.79. The van der Waals surface area contributed by atoms with Crippen LogP contribution in [0.1, 0.15) is 24.6 Å². The van der Waals surface area contributed by atoms with Crippen molar-refractivity contribution >= 4 is 22.4 Å². The number of thiazole rings is 1. The molecule has 1 rings (SSSR count). The molecule has 6 heteroatoms. The summed E-state index contributed by atoms with van der Waals surface area (Å²) in [4.78, 5) is 16.3. The van der Waals surface area contributed by atoms with E-state index < -0.39 is 0 Å². The van der Waals surface area contributed by atoms with Gasteiger partial charge < -0.3 is 15.2 Å². The van der Waals surface area contributed by atoms with E-state index in [0.717, 1.165) is 4.88 Å². The van der Waals surface area contributed by atoms with Crippen LogP contribution in [0.2, 0.25) is 0 Å². The maximum atomic E-state index is 11.5. The predicted molar refractivity (Wildman–Crippen MR) is 70.4 cm³/mol. The van der Waals surface area contributed by atoms with Gasteiger partial charge in [0.25, 0.3) is 0 Å². The Morgan fingerprint density at radius 1 is 1.67 bits per heavy atom. The van der Waals surface area contributed by atoms with Crippen molar-refractivity contribution in [2.45, 2.75) is 19.8 Å². The molecule has 0 spiro atoms. The summed E-state index contributed by atoms with van der Waals surface area (Å²) in [6, 6.07) is 0. The van der Waals surface area contributed by atoms with Gasteiger partial charge in [-0.15, -0.1) is 0 Å². The van der Waals surface area contributed by atoms with E-state index in [-0.39, 0.29) is 12.5 Å². The molecule has 5 nitrogen and oxygen atoms in total. The van der Waals surface area contributed by atoms with Crippen molar-refractivity contribution in [3.8, 4) is 11.8 Å². The first-order valence-electron chi connectivity index (χ1n) is 5.69. The number of aliphatic hydroxyl groups is 1. The monoisotopic (exact) mass is 268 g/mol. The molecule has 1 amide bonds. The minimum absolute atomic E-state index is 0.0484. The molecule has 0 aliphatic rings. The van der Waals surface area contributed by atoms with E-state index in [9.17, 15) is 4.79 Å². The van der Waals surface area contributed by atoms with Gasteiger partial charge in [0.05, 0.1) is 30.7 Å². The van der Waals surface area contributed by atoms with Crippen molar-refractivity contribution in [2.24, 2.45) is 0 Å². The van der Waals surface area contributed by atoms with Crippen LogP contribution in [0.15, 0.2) is 6.20 Å². The van der Waals surface area contributed by atoms with Crippen molar-refractivity contribution < 1.29 is 14.6 Å². The predicted octanol–water partition coefficient (Wildman–Crippen LogP) is 1.24. The molecule has 1 aromatic heterocycles. The van der Waals surface area contributed by atoms with Gasteiger partial charge in [-0.3, -0.25) is 4.79 Å². The highest BCUT2D eigenvalue weighted by molar-refractivity contribution is 7.16. The number of hydrogen-bond donors (Lipinski definition) is 2. The van der Waals surface area contributed by atoms with E-state index in [0.29, 0.717) is 31.2 Å². The molecular weight excluding hydrogens is 252 g/mol. The van der Waals surface area contributed by atoms with E-state index in [1.807, 2.05) is 6.92 Å². The normalized spacial score (nSPS) is 9.67. The number of carbonyl (C=O) groups excluding carboxylic acids is 1. The zero-order valence-corrected chi connectivity index (χ0v) is 11.0. The Hall–Kier alpha value is -1.42. The Morgan fingerprint density at radius 3 is 3.22 bits per heavy atom. The molecule has 0 radical (unpaired) electrons. The van der Waals surface area contributed by atoms with Crippen LogP contribution in [0.5, 0.6) is 0 Å². The average Bonchev–Trinajstić information content (AvgIpc) is 2.77. The average molecular weight is 268 g/mol. The lowest BCUT2D eigenvalue weighted by Gasteiger charge is -2.01. The summed E-state index contributed by atoms with van der Waals surface area (Å²) in [5.41, 5.74) is 0. The number of aromatic nitrogens is 1. The lowest BCUT2D eigenvalue weighted by Crippen LogP contribution is -2.13. The quantitative estimate of drug-likeness (QED) is 0.601. The third kappa shape index (κ3) is 5.77. The molecule has 1 aromatic rings. The van der Waals surface area contributed by atoms with Crippen LogP contribution in [0.25, 0.3) is 0 Å². The Kier molecular flexibility index (Phi) is 7.03. The number of anilines is 1. The van der Waals surface area contributed by atoms with E-state index >= 15 is 0 Å². The Morgan fingerprint density at radius 2 is 2.50 bits per heavy atom. The number of nitrogens with one attached hydrogen (secondary N) is 1. The smallest absolute Gasteiger partial charge is 0.228 e. The summed E-state index contributed by atoms with van der Waals surface area (Å²) in [5.74, 6) is 5.54. The van der Waals surface area contributed by atoms with Crippen LogP contribution in [-0.4, -0.2) is 35.8 Å². The van der Waals surface area contributed by atoms with Crippen LogP contribution >= 0.6 is 11.3 Å². The van der Waals surface area contributed by atoms with E-state index in [4.69, 9.17) is 9.84 Å². The Balaban J connectivity index is 2.39. The molecule has 0 saturated heterocycles. The van der Waals surface area contributed by atoms with Gasteiger partial charge in [0.1, 0.15) is 0 Å². The first kappa shape index (κ1) is 14.6. The van der Waals surface area contributed by atoms with E-state index in [1.165, 1.54) is 11.3 Å². The van der Waals surface area contributed by atoms with E-state index in [2.05, 4.69) is 22.1 Å². The largest absolute Gasteiger partial charge is 0.395 e. The van der Waals surface area contributed by atoms with Crippen LogP contribution in [0.3, 0.4) is 0 Å². The van der Waals surface area contributed by atoms with Gasteiger partial charge in [-0.2, -0.15) is 0 Å². The molecule has 98 valence electrons. The highest BCUT2D eigenvalue weighted by Crippen LogP contribution is 2.17. The fraction of sp³-hybridized carbons (Fsp3) is 0.500. The maximum Gasteiger partial charge on any atom is 0.228 e. The first-order chi connectivity index (χ1) is 8.76. The van der Waals surface area contributed by atoms with Gasteiger partial charge in [-0.25, -0.2) is 4.98 Å². The van der Waals surface area contributed by atoms with Crippen molar-refractivity contribution in [3.63, 3.8) is 0 Å². The Bertz CT molecular complexity index is 434. The molecule has 0 aliphatic heterocycles. The number of nitrogens with zero attached hydrogens (tertiary/aromatic N) is 1. The standard InChI is InChI=1S/C12H16N2O3S/c1-2-17-8-6-11(16)14-12-13-9-10(18-12)5-3-4-7-15/h9,15H,2,4,6-8H2,1H3,(H,13,14,16). The summed E-state index contributed by atoms with van der Waals surface area (Å²) in [7, 11) is 0. The summed E-state index contributed by atoms with van der Waals surface area (Å²) in [6.45, 7) is 2.95. The summed E-state index contributed by atoms with van der Waals surface area (Å²) in [5, 5.41) is 11.8. The second kappa shape index (κ2) is 8.64. The molecule has 0 aliphatic carbocycles. The third-order valence-corrected chi connectivity index (χ3v) is 2.71. The van der Waals surface area contributed by atoms with Crippen LogP contribution in [0.4, 0.5) is 5.13 Å². The van der Waals surface area contributed by atoms with Crippen molar-refractivity contribution in [3.05, 3.63) is 11.1 Å². The first-order valence-corrected chi connectivity index (χ1v) is 6.51. The van der Waals surface area contributed by atoms with Gasteiger partial charge in [0.15, 0.2) is 5.13 Å². The number of carbonyl (C=O) groups is 1. The minimum atomic E-state index is -0.118. The molecule has 0 unspecified atom stereocenters. The molecule has 0 saturated carbocycles. The summed E-state index contributed by atoms with van der Waals surface area (Å²) < 4.78 is 5.09. The number of amides is 1. The number of hydrogen-bond acceptors (Lipinski definition) is 5. The van der Waals surface area contributed by atoms with Gasteiger partial charge in [-0.1, -0.05) is 23.2 Å². The lowest BCUT2D eigenvalue weighted by molar-refractivity contribution is -0.117. The van der Waals surface area contributed by atoms with Crippen LogP contribution in [-0.2, 0) is 9.53 Å². The van der Waals surface area contributed by atoms with Gasteiger partial charge in [-0.05, 0) is 6.92 Å². The van der Waals surface area contributed by atoms with Gasteiger partial charge in [0, 0.05) is 13.0 Å². The molecule has 1 heterocycles. The second-order valence-electron chi connectivity index (χ2n) is 3.30. The zero-order chi connectivity index (χ0) is 13.2. The van der Waals surface area contributed by atoms with Gasteiger partial charge >= 0.3 is 0 Å². The summed E-state index contributed by atoms with van der Waals surface area (Å²) in [6.07, 6.45) is 2.36. The highest BCUT2D eigenvalue weighted by atomic mass is 32.1. The summed E-state index contributed by atoms with van der Waals surface area (Å²) >= 11 is 1.31. The molecular formula is C12H16N2O3S. The molecule has 18 heavy (non-hydrogen) atoms. The number of rotatable bonds is 6. The highest BCUT2D eigenvalue weighted by Gasteiger charge is 2.05. The van der Waals surface area contributed by atoms with E-state index in [1.54, 1.807) is 6.20 Å². The fourth-order valence-electron chi connectivity index (χ4n) is 1.09. The topological polar surface area (TPSA) is 71.5 Å².